The SMILES string of the molecule is COc1cc(OC)cc(C(=O)NCC(=O)OCC(=O)c2ccc[nH]2)c1. The molecule has 8 heteroatoms. The zero-order valence-corrected chi connectivity index (χ0v) is 13.8. The number of ether oxygens (including phenoxy) is 3. The number of carbonyl (C=O) groups is 3. The number of methoxy groups -OCH3 is 2. The minimum atomic E-state index is -0.719. The quantitative estimate of drug-likeness (QED) is 0.549. The average molecular weight is 346 g/mol. The highest BCUT2D eigenvalue weighted by molar-refractivity contribution is 5.98. The van der Waals surface area contributed by atoms with Gasteiger partial charge in [-0.15, -0.1) is 0 Å². The molecule has 0 radical (unpaired) electrons. The van der Waals surface area contributed by atoms with Crippen LogP contribution in [0.15, 0.2) is 36.5 Å². The minimum absolute atomic E-state index is 0.270. The number of aromatic amines is 1. The highest BCUT2D eigenvalue weighted by Gasteiger charge is 2.14. The first-order valence-electron chi connectivity index (χ1n) is 7.37. The van der Waals surface area contributed by atoms with E-state index >= 15 is 0 Å². The Morgan fingerprint density at radius 3 is 2.32 bits per heavy atom. The summed E-state index contributed by atoms with van der Waals surface area (Å²) >= 11 is 0. The van der Waals surface area contributed by atoms with E-state index in [2.05, 4.69) is 10.3 Å². The van der Waals surface area contributed by atoms with Gasteiger partial charge in [-0.25, -0.2) is 0 Å². The number of benzene rings is 1. The number of amides is 1. The number of esters is 1. The molecule has 2 aromatic rings. The third-order valence-electron chi connectivity index (χ3n) is 3.27. The molecule has 1 amide bonds. The van der Waals surface area contributed by atoms with Crippen molar-refractivity contribution in [3.63, 3.8) is 0 Å². The topological polar surface area (TPSA) is 107 Å². The summed E-state index contributed by atoms with van der Waals surface area (Å²) < 4.78 is 15.0. The first kappa shape index (κ1) is 18.1. The molecule has 132 valence electrons. The zero-order chi connectivity index (χ0) is 18.2. The van der Waals surface area contributed by atoms with Crippen LogP contribution in [-0.4, -0.2) is 50.0 Å². The van der Waals surface area contributed by atoms with Gasteiger partial charge in [-0.3, -0.25) is 14.4 Å². The van der Waals surface area contributed by atoms with Crippen molar-refractivity contribution >= 4 is 17.7 Å². The molecule has 8 nitrogen and oxygen atoms in total. The summed E-state index contributed by atoms with van der Waals surface area (Å²) in [4.78, 5) is 38.2. The lowest BCUT2D eigenvalue weighted by Crippen LogP contribution is -2.31. The molecule has 0 bridgehead atoms. The van der Waals surface area contributed by atoms with E-state index in [4.69, 9.17) is 14.2 Å². The Bertz CT molecular complexity index is 732. The summed E-state index contributed by atoms with van der Waals surface area (Å²) in [5, 5.41) is 2.42. The summed E-state index contributed by atoms with van der Waals surface area (Å²) in [6.45, 7) is -0.765. The second kappa shape index (κ2) is 8.53. The minimum Gasteiger partial charge on any atom is -0.497 e. The highest BCUT2D eigenvalue weighted by Crippen LogP contribution is 2.22. The molecule has 0 spiro atoms. The molecule has 25 heavy (non-hydrogen) atoms. The maximum Gasteiger partial charge on any atom is 0.325 e. The van der Waals surface area contributed by atoms with Crippen LogP contribution in [0.4, 0.5) is 0 Å². The van der Waals surface area contributed by atoms with E-state index in [9.17, 15) is 14.4 Å². The van der Waals surface area contributed by atoms with Gasteiger partial charge in [0.1, 0.15) is 18.0 Å². The third-order valence-corrected chi connectivity index (χ3v) is 3.27. The Kier molecular flexibility index (Phi) is 6.16. The van der Waals surface area contributed by atoms with E-state index in [-0.39, 0.29) is 17.9 Å². The second-order valence-electron chi connectivity index (χ2n) is 4.95. The van der Waals surface area contributed by atoms with Gasteiger partial charge in [-0.1, -0.05) is 0 Å². The van der Waals surface area contributed by atoms with Crippen molar-refractivity contribution in [1.29, 1.82) is 0 Å². The maximum atomic E-state index is 12.1. The molecule has 1 aromatic carbocycles. The van der Waals surface area contributed by atoms with Crippen molar-refractivity contribution in [3.8, 4) is 11.5 Å². The monoisotopic (exact) mass is 346 g/mol. The summed E-state index contributed by atoms with van der Waals surface area (Å²) in [6.07, 6.45) is 1.59. The highest BCUT2D eigenvalue weighted by atomic mass is 16.5. The molecular weight excluding hydrogens is 328 g/mol. The number of carbonyl (C=O) groups excluding carboxylic acids is 3. The number of Topliss-reactive ketones (excluding diaryl/α,β-unsaturated/α-hetero) is 1. The predicted octanol–water partition coefficient (Wildman–Crippen LogP) is 1.19. The van der Waals surface area contributed by atoms with Gasteiger partial charge in [0.2, 0.25) is 5.78 Å². The largest absolute Gasteiger partial charge is 0.497 e. The fraction of sp³-hybridized carbons (Fsp3) is 0.235. The van der Waals surface area contributed by atoms with Crippen molar-refractivity contribution in [2.45, 2.75) is 0 Å². The first-order chi connectivity index (χ1) is 12.0. The lowest BCUT2D eigenvalue weighted by atomic mass is 10.2. The van der Waals surface area contributed by atoms with Crippen LogP contribution < -0.4 is 14.8 Å². The van der Waals surface area contributed by atoms with Crippen LogP contribution in [-0.2, 0) is 9.53 Å². The average Bonchev–Trinajstić information content (AvgIpc) is 3.18. The number of nitrogens with one attached hydrogen (secondary N) is 2. The van der Waals surface area contributed by atoms with E-state index in [0.29, 0.717) is 17.2 Å². The van der Waals surface area contributed by atoms with Gasteiger partial charge in [0.25, 0.3) is 5.91 Å². The number of hydrogen-bond donors (Lipinski definition) is 2. The molecule has 0 aliphatic heterocycles. The molecule has 0 saturated heterocycles. The summed E-state index contributed by atoms with van der Waals surface area (Å²) in [5.74, 6) is -0.678. The number of rotatable bonds is 8. The number of aromatic nitrogens is 1. The Morgan fingerprint density at radius 2 is 1.76 bits per heavy atom. The Labute approximate surface area is 144 Å². The van der Waals surface area contributed by atoms with Gasteiger partial charge in [0.15, 0.2) is 6.61 Å². The molecule has 0 aliphatic rings. The van der Waals surface area contributed by atoms with Crippen LogP contribution in [0.2, 0.25) is 0 Å². The van der Waals surface area contributed by atoms with Gasteiger partial charge in [-0.2, -0.15) is 0 Å². The number of H-pyrrole nitrogens is 1. The van der Waals surface area contributed by atoms with E-state index in [1.807, 2.05) is 0 Å². The fourth-order valence-electron chi connectivity index (χ4n) is 1.97. The van der Waals surface area contributed by atoms with Crippen LogP contribution in [0.25, 0.3) is 0 Å². The molecule has 0 aliphatic carbocycles. The van der Waals surface area contributed by atoms with Gasteiger partial charge in [0.05, 0.1) is 19.9 Å². The molecule has 1 heterocycles. The van der Waals surface area contributed by atoms with Crippen molar-refractivity contribution in [3.05, 3.63) is 47.8 Å². The van der Waals surface area contributed by atoms with Crippen LogP contribution in [0, 0.1) is 0 Å². The molecule has 0 unspecified atom stereocenters. The van der Waals surface area contributed by atoms with Crippen LogP contribution in [0.5, 0.6) is 11.5 Å². The summed E-state index contributed by atoms with van der Waals surface area (Å²) in [5.41, 5.74) is 0.617. The van der Waals surface area contributed by atoms with Gasteiger partial charge < -0.3 is 24.5 Å². The summed E-state index contributed by atoms with van der Waals surface area (Å²) in [7, 11) is 2.93. The maximum absolute atomic E-state index is 12.1. The second-order valence-corrected chi connectivity index (χ2v) is 4.95. The van der Waals surface area contributed by atoms with Crippen molar-refractivity contribution in [1.82, 2.24) is 10.3 Å². The molecule has 0 fully saturated rings. The van der Waals surface area contributed by atoms with Gasteiger partial charge >= 0.3 is 5.97 Å². The lowest BCUT2D eigenvalue weighted by Gasteiger charge is -2.09. The first-order valence-corrected chi connectivity index (χ1v) is 7.37. The summed E-state index contributed by atoms with van der Waals surface area (Å²) in [6, 6.07) is 7.89. The lowest BCUT2D eigenvalue weighted by molar-refractivity contribution is -0.141. The van der Waals surface area contributed by atoms with E-state index < -0.39 is 18.5 Å². The van der Waals surface area contributed by atoms with Gasteiger partial charge in [0, 0.05) is 17.8 Å². The molecule has 0 atom stereocenters. The van der Waals surface area contributed by atoms with E-state index in [1.54, 1.807) is 24.4 Å². The van der Waals surface area contributed by atoms with E-state index in [1.165, 1.54) is 26.4 Å². The van der Waals surface area contributed by atoms with Crippen LogP contribution in [0.1, 0.15) is 20.8 Å². The number of ketones is 1. The third kappa shape index (κ3) is 5.10. The van der Waals surface area contributed by atoms with Crippen molar-refractivity contribution in [2.24, 2.45) is 0 Å². The normalized spacial score (nSPS) is 10.0. The number of hydrogen-bond acceptors (Lipinski definition) is 6. The van der Waals surface area contributed by atoms with Crippen molar-refractivity contribution < 1.29 is 28.6 Å². The van der Waals surface area contributed by atoms with Crippen LogP contribution in [0.3, 0.4) is 0 Å². The Morgan fingerprint density at radius 1 is 1.08 bits per heavy atom. The smallest absolute Gasteiger partial charge is 0.325 e. The molecule has 1 aromatic heterocycles. The van der Waals surface area contributed by atoms with Gasteiger partial charge in [-0.05, 0) is 24.3 Å². The van der Waals surface area contributed by atoms with Crippen LogP contribution >= 0.6 is 0 Å². The molecule has 2 N–H and O–H groups in total. The molecule has 0 saturated carbocycles. The molecular formula is C17H18N2O6. The zero-order valence-electron chi connectivity index (χ0n) is 13.8. The van der Waals surface area contributed by atoms with Crippen molar-refractivity contribution in [2.75, 3.05) is 27.4 Å². The predicted molar refractivity (Wildman–Crippen MR) is 88.0 cm³/mol. The standard InChI is InChI=1S/C17H18N2O6/c1-23-12-6-11(7-13(8-12)24-2)17(22)19-9-16(21)25-10-15(20)14-4-3-5-18-14/h3-8,18H,9-10H2,1-2H3,(H,19,22). The Balaban J connectivity index is 1.85. The molecule has 2 rings (SSSR count). The Hall–Kier alpha value is -3.29. The fourth-order valence-corrected chi connectivity index (χ4v) is 1.97. The van der Waals surface area contributed by atoms with E-state index in [0.717, 1.165) is 0 Å².